The molecule has 0 amide bonds. The minimum Gasteiger partial charge on any atom is -0.496 e. The normalized spacial score (nSPS) is 11.1. The molecule has 0 fully saturated rings. The van der Waals surface area contributed by atoms with Gasteiger partial charge in [0.05, 0.1) is 12.7 Å². The van der Waals surface area contributed by atoms with Crippen LogP contribution >= 0.6 is 11.8 Å². The largest absolute Gasteiger partial charge is 0.496 e. The van der Waals surface area contributed by atoms with Gasteiger partial charge >= 0.3 is 5.63 Å². The van der Waals surface area contributed by atoms with E-state index in [-0.39, 0.29) is 5.63 Å². The molecule has 148 valence electrons. The zero-order chi connectivity index (χ0) is 20.4. The van der Waals surface area contributed by atoms with Gasteiger partial charge in [-0.2, -0.15) is 0 Å². The van der Waals surface area contributed by atoms with Gasteiger partial charge in [0.2, 0.25) is 0 Å². The number of hydrogen-bond donors (Lipinski definition) is 0. The van der Waals surface area contributed by atoms with Gasteiger partial charge in [-0.25, -0.2) is 4.79 Å². The van der Waals surface area contributed by atoms with E-state index in [2.05, 4.69) is 23.2 Å². The molecule has 0 radical (unpaired) electrons. The van der Waals surface area contributed by atoms with E-state index in [4.69, 9.17) is 9.15 Å². The van der Waals surface area contributed by atoms with Crippen molar-refractivity contribution in [3.05, 3.63) is 70.1 Å². The molecule has 0 aliphatic rings. The fourth-order valence-corrected chi connectivity index (χ4v) is 4.16. The third kappa shape index (κ3) is 3.78. The molecular formula is C22H21N3O3S. The van der Waals surface area contributed by atoms with Crippen molar-refractivity contribution in [3.63, 3.8) is 0 Å². The smallest absolute Gasteiger partial charge is 0.336 e. The Bertz CT molecular complexity index is 1230. The van der Waals surface area contributed by atoms with Gasteiger partial charge < -0.3 is 13.7 Å². The number of benzene rings is 2. The van der Waals surface area contributed by atoms with Crippen molar-refractivity contribution in [1.82, 2.24) is 14.8 Å². The van der Waals surface area contributed by atoms with Gasteiger partial charge in [-0.1, -0.05) is 43.0 Å². The third-order valence-electron chi connectivity index (χ3n) is 4.84. The fourth-order valence-electron chi connectivity index (χ4n) is 3.26. The number of methoxy groups -OCH3 is 1. The van der Waals surface area contributed by atoms with Gasteiger partial charge in [0.1, 0.15) is 11.3 Å². The number of aryl methyl sites for hydroxylation is 1. The van der Waals surface area contributed by atoms with E-state index in [0.29, 0.717) is 11.3 Å². The molecule has 0 aliphatic carbocycles. The summed E-state index contributed by atoms with van der Waals surface area (Å²) in [5.74, 6) is 2.07. The summed E-state index contributed by atoms with van der Waals surface area (Å²) in [6.07, 6.45) is 0.892. The first-order valence-corrected chi connectivity index (χ1v) is 10.3. The molecule has 2 heterocycles. The van der Waals surface area contributed by atoms with Gasteiger partial charge in [-0.15, -0.1) is 10.2 Å². The Hall–Kier alpha value is -3.06. The molecule has 0 N–H and O–H groups in total. The summed E-state index contributed by atoms with van der Waals surface area (Å²) in [4.78, 5) is 12.0. The summed E-state index contributed by atoms with van der Waals surface area (Å²) in [7, 11) is 3.57. The van der Waals surface area contributed by atoms with E-state index in [9.17, 15) is 4.79 Å². The van der Waals surface area contributed by atoms with Crippen LogP contribution in [0.5, 0.6) is 5.75 Å². The van der Waals surface area contributed by atoms with Crippen molar-refractivity contribution >= 4 is 22.7 Å². The first-order valence-electron chi connectivity index (χ1n) is 9.32. The number of fused-ring (bicyclic) bond motifs is 1. The van der Waals surface area contributed by atoms with Gasteiger partial charge in [0.25, 0.3) is 0 Å². The molecule has 0 atom stereocenters. The minimum atomic E-state index is -0.339. The van der Waals surface area contributed by atoms with Crippen LogP contribution in [0.15, 0.2) is 62.9 Å². The van der Waals surface area contributed by atoms with Crippen LogP contribution in [0.25, 0.3) is 22.4 Å². The van der Waals surface area contributed by atoms with E-state index < -0.39 is 0 Å². The van der Waals surface area contributed by atoms with E-state index in [1.807, 2.05) is 48.0 Å². The molecule has 29 heavy (non-hydrogen) atoms. The number of para-hydroxylation sites is 1. The Balaban J connectivity index is 1.64. The molecular weight excluding hydrogens is 386 g/mol. The zero-order valence-corrected chi connectivity index (χ0v) is 17.3. The van der Waals surface area contributed by atoms with Gasteiger partial charge in [-0.3, -0.25) is 0 Å². The number of aromatic nitrogens is 3. The van der Waals surface area contributed by atoms with Crippen molar-refractivity contribution in [2.24, 2.45) is 7.05 Å². The lowest BCUT2D eigenvalue weighted by atomic mass is 10.1. The van der Waals surface area contributed by atoms with Gasteiger partial charge in [0, 0.05) is 24.3 Å². The summed E-state index contributed by atoms with van der Waals surface area (Å²) < 4.78 is 12.8. The molecule has 0 saturated carbocycles. The van der Waals surface area contributed by atoms with Crippen LogP contribution in [0.1, 0.15) is 18.1 Å². The van der Waals surface area contributed by atoms with Crippen LogP contribution < -0.4 is 10.4 Å². The molecule has 0 aliphatic heterocycles. The standard InChI is InChI=1S/C22H21N3O3S/c1-4-14-9-10-16-15(12-20(26)28-19(16)11-14)13-29-22-24-23-21(25(22)2)17-7-5-6-8-18(17)27-3/h5-12H,4,13H2,1-3H3. The number of hydrogen-bond acceptors (Lipinski definition) is 6. The van der Waals surface area contributed by atoms with Crippen molar-refractivity contribution in [2.75, 3.05) is 7.11 Å². The molecule has 0 spiro atoms. The summed E-state index contributed by atoms with van der Waals surface area (Å²) >= 11 is 1.53. The maximum atomic E-state index is 12.0. The first-order chi connectivity index (χ1) is 14.1. The number of rotatable bonds is 6. The third-order valence-corrected chi connectivity index (χ3v) is 5.91. The molecule has 0 saturated heterocycles. The molecule has 4 rings (SSSR count). The second-order valence-electron chi connectivity index (χ2n) is 6.63. The average Bonchev–Trinajstić information content (AvgIpc) is 3.11. The van der Waals surface area contributed by atoms with Crippen LogP contribution in [0.3, 0.4) is 0 Å². The summed E-state index contributed by atoms with van der Waals surface area (Å²) in [6.45, 7) is 2.08. The SMILES string of the molecule is CCc1ccc2c(CSc3nnc(-c4ccccc4OC)n3C)cc(=O)oc2c1. The highest BCUT2D eigenvalue weighted by Crippen LogP contribution is 2.31. The lowest BCUT2D eigenvalue weighted by Gasteiger charge is -2.09. The Labute approximate surface area is 172 Å². The molecule has 0 unspecified atom stereocenters. The highest BCUT2D eigenvalue weighted by molar-refractivity contribution is 7.98. The molecule has 7 heteroatoms. The maximum Gasteiger partial charge on any atom is 0.336 e. The quantitative estimate of drug-likeness (QED) is 0.347. The summed E-state index contributed by atoms with van der Waals surface area (Å²) in [5, 5.41) is 10.4. The monoisotopic (exact) mass is 407 g/mol. The minimum absolute atomic E-state index is 0.339. The van der Waals surface area contributed by atoms with E-state index in [1.54, 1.807) is 13.2 Å². The predicted molar refractivity (Wildman–Crippen MR) is 114 cm³/mol. The first kappa shape index (κ1) is 19.3. The van der Waals surface area contributed by atoms with Crippen molar-refractivity contribution in [1.29, 1.82) is 0 Å². The van der Waals surface area contributed by atoms with Crippen LogP contribution in [0.2, 0.25) is 0 Å². The Kier molecular flexibility index (Phi) is 5.40. The van der Waals surface area contributed by atoms with Gasteiger partial charge in [-0.05, 0) is 35.7 Å². The van der Waals surface area contributed by atoms with Crippen LogP contribution in [0.4, 0.5) is 0 Å². The lowest BCUT2D eigenvalue weighted by Crippen LogP contribution is -2.01. The van der Waals surface area contributed by atoms with Crippen LogP contribution in [-0.4, -0.2) is 21.9 Å². The second-order valence-corrected chi connectivity index (χ2v) is 7.57. The number of thioether (sulfide) groups is 1. The van der Waals surface area contributed by atoms with Crippen molar-refractivity contribution in [2.45, 2.75) is 24.3 Å². The highest BCUT2D eigenvalue weighted by Gasteiger charge is 2.15. The second kappa shape index (κ2) is 8.13. The maximum absolute atomic E-state index is 12.0. The molecule has 2 aromatic heterocycles. The Morgan fingerprint density at radius 1 is 1.14 bits per heavy atom. The van der Waals surface area contributed by atoms with Crippen molar-refractivity contribution in [3.8, 4) is 17.1 Å². The highest BCUT2D eigenvalue weighted by atomic mass is 32.2. The van der Waals surface area contributed by atoms with E-state index in [0.717, 1.165) is 45.2 Å². The van der Waals surface area contributed by atoms with Gasteiger partial charge in [0.15, 0.2) is 11.0 Å². The van der Waals surface area contributed by atoms with Crippen LogP contribution in [-0.2, 0) is 19.2 Å². The van der Waals surface area contributed by atoms with Crippen LogP contribution in [0, 0.1) is 0 Å². The molecule has 4 aromatic rings. The zero-order valence-electron chi connectivity index (χ0n) is 16.5. The average molecular weight is 407 g/mol. The van der Waals surface area contributed by atoms with E-state index >= 15 is 0 Å². The molecule has 0 bridgehead atoms. The van der Waals surface area contributed by atoms with E-state index in [1.165, 1.54) is 11.8 Å². The Morgan fingerprint density at radius 3 is 2.76 bits per heavy atom. The number of nitrogens with zero attached hydrogens (tertiary/aromatic N) is 3. The summed E-state index contributed by atoms with van der Waals surface area (Å²) in [5.41, 5.74) is 3.23. The number of ether oxygens (including phenoxy) is 1. The topological polar surface area (TPSA) is 70.2 Å². The molecule has 2 aromatic carbocycles. The molecule has 6 nitrogen and oxygen atoms in total. The fraction of sp³-hybridized carbons (Fsp3) is 0.227. The Morgan fingerprint density at radius 2 is 1.97 bits per heavy atom. The lowest BCUT2D eigenvalue weighted by molar-refractivity contribution is 0.416. The predicted octanol–water partition coefficient (Wildman–Crippen LogP) is 4.45. The summed E-state index contributed by atoms with van der Waals surface area (Å²) in [6, 6.07) is 15.3. The van der Waals surface area contributed by atoms with Crippen molar-refractivity contribution < 1.29 is 9.15 Å².